The number of rotatable bonds is 6. The molecule has 1 aliphatic rings. The lowest BCUT2D eigenvalue weighted by molar-refractivity contribution is -0.123. The zero-order valence-electron chi connectivity index (χ0n) is 14.5. The van der Waals surface area contributed by atoms with E-state index in [0.717, 1.165) is 0 Å². The summed E-state index contributed by atoms with van der Waals surface area (Å²) >= 11 is 0. The van der Waals surface area contributed by atoms with E-state index in [-0.39, 0.29) is 24.7 Å². The highest BCUT2D eigenvalue weighted by Gasteiger charge is 2.32. The molecular weight excluding hydrogens is 341 g/mol. The Balaban J connectivity index is 1.90. The standard InChI is InChI=1S/C18H20FN3O4/c1-9(2)26-15-7-12-10(5-13(15)16(20)23)3-4-21-18(12)25-8-11-6-14(19)17(24)22-11/h3-5,7,9,11,14H,6,8H2,1-2H3,(H2,20,23)(H,22,24). The fourth-order valence-electron chi connectivity index (χ4n) is 2.83. The Hall–Kier alpha value is -2.90. The molecule has 1 aromatic heterocycles. The molecule has 2 heterocycles. The van der Waals surface area contributed by atoms with Crippen LogP contribution in [0.4, 0.5) is 4.39 Å². The van der Waals surface area contributed by atoms with Gasteiger partial charge in [0, 0.05) is 18.0 Å². The van der Waals surface area contributed by atoms with Gasteiger partial charge in [0.1, 0.15) is 12.4 Å². The van der Waals surface area contributed by atoms with E-state index in [2.05, 4.69) is 10.3 Å². The van der Waals surface area contributed by atoms with Gasteiger partial charge in [0.15, 0.2) is 6.17 Å². The van der Waals surface area contributed by atoms with Crippen molar-refractivity contribution in [2.24, 2.45) is 5.73 Å². The summed E-state index contributed by atoms with van der Waals surface area (Å²) in [6.45, 7) is 3.77. The molecule has 2 amide bonds. The van der Waals surface area contributed by atoms with Crippen molar-refractivity contribution in [3.8, 4) is 11.6 Å². The molecule has 8 heteroatoms. The number of amides is 2. The smallest absolute Gasteiger partial charge is 0.254 e. The Morgan fingerprint density at radius 2 is 2.23 bits per heavy atom. The van der Waals surface area contributed by atoms with Gasteiger partial charge >= 0.3 is 0 Å². The minimum atomic E-state index is -1.51. The maximum atomic E-state index is 13.3. The molecule has 2 atom stereocenters. The average molecular weight is 361 g/mol. The predicted molar refractivity (Wildman–Crippen MR) is 93.0 cm³/mol. The van der Waals surface area contributed by atoms with Gasteiger partial charge in [-0.2, -0.15) is 0 Å². The Morgan fingerprint density at radius 3 is 2.85 bits per heavy atom. The van der Waals surface area contributed by atoms with Gasteiger partial charge in [-0.15, -0.1) is 0 Å². The number of nitrogens with one attached hydrogen (secondary N) is 1. The number of carbonyl (C=O) groups is 2. The van der Waals surface area contributed by atoms with Crippen LogP contribution in [0.2, 0.25) is 0 Å². The number of nitrogens with two attached hydrogens (primary N) is 1. The summed E-state index contributed by atoms with van der Waals surface area (Å²) in [5.74, 6) is -0.563. The lowest BCUT2D eigenvalue weighted by Crippen LogP contribution is -2.31. The number of hydrogen-bond donors (Lipinski definition) is 2. The van der Waals surface area contributed by atoms with Crippen LogP contribution in [-0.4, -0.2) is 41.7 Å². The van der Waals surface area contributed by atoms with Crippen LogP contribution >= 0.6 is 0 Å². The van der Waals surface area contributed by atoms with Crippen molar-refractivity contribution in [3.63, 3.8) is 0 Å². The van der Waals surface area contributed by atoms with Crippen molar-refractivity contribution in [1.82, 2.24) is 10.3 Å². The molecule has 26 heavy (non-hydrogen) atoms. The third kappa shape index (κ3) is 3.68. The molecule has 1 fully saturated rings. The lowest BCUT2D eigenvalue weighted by atomic mass is 10.1. The minimum absolute atomic E-state index is 0.0666. The van der Waals surface area contributed by atoms with E-state index in [4.69, 9.17) is 15.2 Å². The molecule has 0 spiro atoms. The number of primary amides is 1. The highest BCUT2D eigenvalue weighted by atomic mass is 19.1. The third-order valence-electron chi connectivity index (χ3n) is 4.00. The molecule has 0 bridgehead atoms. The Kier molecular flexibility index (Phi) is 4.92. The van der Waals surface area contributed by atoms with Gasteiger partial charge in [0.05, 0.1) is 17.7 Å². The molecule has 3 rings (SSSR count). The third-order valence-corrected chi connectivity index (χ3v) is 4.00. The van der Waals surface area contributed by atoms with Gasteiger partial charge in [-0.3, -0.25) is 9.59 Å². The van der Waals surface area contributed by atoms with E-state index < -0.39 is 24.0 Å². The van der Waals surface area contributed by atoms with Crippen molar-refractivity contribution in [1.29, 1.82) is 0 Å². The second-order valence-electron chi connectivity index (χ2n) is 6.44. The molecule has 7 nitrogen and oxygen atoms in total. The first kappa shape index (κ1) is 17.9. The fourth-order valence-corrected chi connectivity index (χ4v) is 2.83. The second-order valence-corrected chi connectivity index (χ2v) is 6.44. The molecule has 1 aliphatic heterocycles. The Morgan fingerprint density at radius 1 is 1.46 bits per heavy atom. The largest absolute Gasteiger partial charge is 0.490 e. The summed E-state index contributed by atoms with van der Waals surface area (Å²) in [6, 6.07) is 4.59. The van der Waals surface area contributed by atoms with E-state index in [1.165, 1.54) is 6.20 Å². The van der Waals surface area contributed by atoms with Gasteiger partial charge in [-0.25, -0.2) is 9.37 Å². The van der Waals surface area contributed by atoms with E-state index in [0.29, 0.717) is 22.4 Å². The van der Waals surface area contributed by atoms with Crippen LogP contribution in [0.15, 0.2) is 24.4 Å². The fraction of sp³-hybridized carbons (Fsp3) is 0.389. The summed E-state index contributed by atoms with van der Waals surface area (Å²) in [4.78, 5) is 27.2. The Bertz CT molecular complexity index is 856. The molecular formula is C18H20FN3O4. The molecule has 1 aromatic carbocycles. The van der Waals surface area contributed by atoms with Crippen LogP contribution in [0.5, 0.6) is 11.6 Å². The van der Waals surface area contributed by atoms with Crippen LogP contribution in [0, 0.1) is 0 Å². The average Bonchev–Trinajstić information content (AvgIpc) is 2.89. The summed E-state index contributed by atoms with van der Waals surface area (Å²) in [5.41, 5.74) is 5.72. The van der Waals surface area contributed by atoms with Crippen LogP contribution in [0.25, 0.3) is 10.8 Å². The zero-order chi connectivity index (χ0) is 18.8. The summed E-state index contributed by atoms with van der Waals surface area (Å²) in [7, 11) is 0. The molecule has 0 aliphatic carbocycles. The van der Waals surface area contributed by atoms with Gasteiger partial charge in [-0.05, 0) is 37.4 Å². The quantitative estimate of drug-likeness (QED) is 0.815. The summed E-state index contributed by atoms with van der Waals surface area (Å²) < 4.78 is 24.7. The number of fused-ring (bicyclic) bond motifs is 1. The number of carbonyl (C=O) groups excluding carboxylic acids is 2. The van der Waals surface area contributed by atoms with E-state index in [1.807, 2.05) is 13.8 Å². The lowest BCUT2D eigenvalue weighted by Gasteiger charge is -2.16. The van der Waals surface area contributed by atoms with Crippen molar-refractivity contribution < 1.29 is 23.5 Å². The first-order valence-electron chi connectivity index (χ1n) is 8.31. The van der Waals surface area contributed by atoms with Crippen molar-refractivity contribution >= 4 is 22.6 Å². The van der Waals surface area contributed by atoms with Crippen LogP contribution in [0.3, 0.4) is 0 Å². The highest BCUT2D eigenvalue weighted by molar-refractivity contribution is 6.01. The van der Waals surface area contributed by atoms with Crippen LogP contribution in [0.1, 0.15) is 30.6 Å². The topological polar surface area (TPSA) is 104 Å². The van der Waals surface area contributed by atoms with E-state index >= 15 is 0 Å². The molecule has 2 aromatic rings. The number of alkyl halides is 1. The van der Waals surface area contributed by atoms with Crippen molar-refractivity contribution in [2.45, 2.75) is 38.6 Å². The molecule has 0 radical (unpaired) electrons. The number of aromatic nitrogens is 1. The zero-order valence-corrected chi connectivity index (χ0v) is 14.5. The number of nitrogens with zero attached hydrogens (tertiary/aromatic N) is 1. The maximum absolute atomic E-state index is 13.3. The number of pyridine rings is 1. The molecule has 1 saturated heterocycles. The van der Waals surface area contributed by atoms with Crippen molar-refractivity contribution in [3.05, 3.63) is 30.0 Å². The molecule has 3 N–H and O–H groups in total. The summed E-state index contributed by atoms with van der Waals surface area (Å²) in [5, 5.41) is 3.87. The first-order chi connectivity index (χ1) is 12.3. The number of halogens is 1. The van der Waals surface area contributed by atoms with Gasteiger partial charge in [-0.1, -0.05) is 0 Å². The second kappa shape index (κ2) is 7.15. The molecule has 2 unspecified atom stereocenters. The highest BCUT2D eigenvalue weighted by Crippen LogP contribution is 2.31. The molecule has 0 saturated carbocycles. The molecule has 138 valence electrons. The number of hydrogen-bond acceptors (Lipinski definition) is 5. The number of benzene rings is 1. The maximum Gasteiger partial charge on any atom is 0.254 e. The normalized spacial score (nSPS) is 19.6. The first-order valence-corrected chi connectivity index (χ1v) is 8.31. The Labute approximate surface area is 149 Å². The number of ether oxygens (including phenoxy) is 2. The summed E-state index contributed by atoms with van der Waals surface area (Å²) in [6.07, 6.45) is -0.0525. The van der Waals surface area contributed by atoms with Gasteiger partial charge in [0.2, 0.25) is 5.88 Å². The van der Waals surface area contributed by atoms with Gasteiger partial charge < -0.3 is 20.5 Å². The SMILES string of the molecule is CC(C)Oc1cc2c(OCC3CC(F)C(=O)N3)nccc2cc1C(N)=O. The van der Waals surface area contributed by atoms with Crippen LogP contribution in [-0.2, 0) is 4.79 Å². The van der Waals surface area contributed by atoms with E-state index in [1.54, 1.807) is 18.2 Å². The van der Waals surface area contributed by atoms with Crippen molar-refractivity contribution in [2.75, 3.05) is 6.61 Å². The van der Waals surface area contributed by atoms with Crippen LogP contribution < -0.4 is 20.5 Å². The predicted octanol–water partition coefficient (Wildman–Crippen LogP) is 1.73. The van der Waals surface area contributed by atoms with Gasteiger partial charge in [0.25, 0.3) is 11.8 Å². The van der Waals surface area contributed by atoms with E-state index in [9.17, 15) is 14.0 Å². The monoisotopic (exact) mass is 361 g/mol. The minimum Gasteiger partial charge on any atom is -0.490 e.